The molecule has 3 heteroatoms. The highest BCUT2D eigenvalue weighted by Crippen LogP contribution is 2.22. The van der Waals surface area contributed by atoms with Gasteiger partial charge in [0.05, 0.1) is 12.5 Å². The lowest BCUT2D eigenvalue weighted by atomic mass is 10.0. The van der Waals surface area contributed by atoms with E-state index in [1.165, 1.54) is 0 Å². The molecule has 0 radical (unpaired) electrons. The van der Waals surface area contributed by atoms with Gasteiger partial charge in [-0.25, -0.2) is 0 Å². The largest absolute Gasteiger partial charge is 0.508 e. The molecule has 0 fully saturated rings. The summed E-state index contributed by atoms with van der Waals surface area (Å²) in [5, 5.41) is 17.8. The summed E-state index contributed by atoms with van der Waals surface area (Å²) >= 11 is 0. The second kappa shape index (κ2) is 3.92. The number of hydrogen-bond acceptors (Lipinski definition) is 3. The first kappa shape index (κ1) is 9.56. The van der Waals surface area contributed by atoms with Crippen molar-refractivity contribution in [2.24, 2.45) is 5.73 Å². The van der Waals surface area contributed by atoms with Crippen molar-refractivity contribution in [3.05, 3.63) is 29.3 Å². The summed E-state index contributed by atoms with van der Waals surface area (Å²) in [6, 6.07) is 6.92. The van der Waals surface area contributed by atoms with Crippen molar-refractivity contribution in [3.8, 4) is 11.8 Å². The molecule has 1 aromatic carbocycles. The SMILES string of the molecule is Cc1ccc(C(N)CC#N)cc1O. The highest BCUT2D eigenvalue weighted by atomic mass is 16.3. The van der Waals surface area contributed by atoms with E-state index in [4.69, 9.17) is 11.0 Å². The smallest absolute Gasteiger partial charge is 0.118 e. The van der Waals surface area contributed by atoms with Gasteiger partial charge in [0, 0.05) is 6.04 Å². The van der Waals surface area contributed by atoms with Crippen LogP contribution in [-0.4, -0.2) is 5.11 Å². The molecule has 1 atom stereocenters. The average molecular weight is 176 g/mol. The number of aromatic hydroxyl groups is 1. The maximum absolute atomic E-state index is 9.38. The standard InChI is InChI=1S/C10H12N2O/c1-7-2-3-8(6-10(7)13)9(12)4-5-11/h2-3,6,9,13H,4,12H2,1H3. The lowest BCUT2D eigenvalue weighted by Crippen LogP contribution is -2.08. The first-order chi connectivity index (χ1) is 6.15. The fourth-order valence-electron chi connectivity index (χ4n) is 1.07. The average Bonchev–Trinajstić information content (AvgIpc) is 2.10. The van der Waals surface area contributed by atoms with Crippen LogP contribution in [0.25, 0.3) is 0 Å². The Morgan fingerprint density at radius 2 is 2.31 bits per heavy atom. The topological polar surface area (TPSA) is 70.0 Å². The molecule has 1 aromatic rings. The Morgan fingerprint density at radius 1 is 1.62 bits per heavy atom. The Labute approximate surface area is 77.4 Å². The van der Waals surface area contributed by atoms with Crippen LogP contribution in [0.3, 0.4) is 0 Å². The number of phenolic OH excluding ortho intramolecular Hbond substituents is 1. The lowest BCUT2D eigenvalue weighted by molar-refractivity contribution is 0.469. The van der Waals surface area contributed by atoms with Crippen LogP contribution in [0, 0.1) is 18.3 Å². The predicted molar refractivity (Wildman–Crippen MR) is 50.0 cm³/mol. The van der Waals surface area contributed by atoms with Crippen molar-refractivity contribution in [1.82, 2.24) is 0 Å². The molecule has 3 nitrogen and oxygen atoms in total. The van der Waals surface area contributed by atoms with Crippen LogP contribution < -0.4 is 5.73 Å². The third-order valence-corrected chi connectivity index (χ3v) is 1.97. The van der Waals surface area contributed by atoms with Crippen molar-refractivity contribution in [1.29, 1.82) is 5.26 Å². The number of nitrogens with two attached hydrogens (primary N) is 1. The fraction of sp³-hybridized carbons (Fsp3) is 0.300. The van der Waals surface area contributed by atoms with Crippen molar-refractivity contribution in [2.45, 2.75) is 19.4 Å². The molecule has 0 aliphatic rings. The molecule has 1 unspecified atom stereocenters. The van der Waals surface area contributed by atoms with Gasteiger partial charge in [0.15, 0.2) is 0 Å². The number of rotatable bonds is 2. The zero-order valence-corrected chi connectivity index (χ0v) is 7.49. The molecule has 0 heterocycles. The lowest BCUT2D eigenvalue weighted by Gasteiger charge is -2.08. The minimum absolute atomic E-state index is 0.228. The normalized spacial score (nSPS) is 12.1. The van der Waals surface area contributed by atoms with Gasteiger partial charge in [-0.3, -0.25) is 0 Å². The minimum atomic E-state index is -0.309. The fourth-order valence-corrected chi connectivity index (χ4v) is 1.07. The zero-order chi connectivity index (χ0) is 9.84. The third kappa shape index (κ3) is 2.20. The van der Waals surface area contributed by atoms with Gasteiger partial charge in [0.25, 0.3) is 0 Å². The first-order valence-electron chi connectivity index (χ1n) is 4.07. The molecule has 0 aromatic heterocycles. The minimum Gasteiger partial charge on any atom is -0.508 e. The summed E-state index contributed by atoms with van der Waals surface area (Å²) in [5.41, 5.74) is 7.30. The molecule has 1 rings (SSSR count). The van der Waals surface area contributed by atoms with Gasteiger partial charge >= 0.3 is 0 Å². The van der Waals surface area contributed by atoms with E-state index in [0.29, 0.717) is 0 Å². The monoisotopic (exact) mass is 176 g/mol. The summed E-state index contributed by atoms with van der Waals surface area (Å²) in [6.07, 6.45) is 0.266. The summed E-state index contributed by atoms with van der Waals surface area (Å²) in [4.78, 5) is 0. The summed E-state index contributed by atoms with van der Waals surface area (Å²) < 4.78 is 0. The van der Waals surface area contributed by atoms with Crippen molar-refractivity contribution in [3.63, 3.8) is 0 Å². The Morgan fingerprint density at radius 3 is 2.85 bits per heavy atom. The Kier molecular flexibility index (Phi) is 2.88. The number of phenols is 1. The van der Waals surface area contributed by atoms with Crippen molar-refractivity contribution < 1.29 is 5.11 Å². The molecule has 0 aliphatic carbocycles. The van der Waals surface area contributed by atoms with Crippen molar-refractivity contribution in [2.75, 3.05) is 0 Å². The second-order valence-electron chi connectivity index (χ2n) is 3.01. The van der Waals surface area contributed by atoms with E-state index in [1.54, 1.807) is 12.1 Å². The third-order valence-electron chi connectivity index (χ3n) is 1.97. The van der Waals surface area contributed by atoms with E-state index in [1.807, 2.05) is 19.1 Å². The Balaban J connectivity index is 2.91. The Bertz CT molecular complexity index is 341. The Hall–Kier alpha value is -1.53. The number of hydrogen-bond donors (Lipinski definition) is 2. The van der Waals surface area contributed by atoms with Gasteiger partial charge in [-0.05, 0) is 24.1 Å². The molecule has 0 spiro atoms. The van der Waals surface area contributed by atoms with Crippen LogP contribution in [0.1, 0.15) is 23.6 Å². The van der Waals surface area contributed by atoms with Gasteiger partial charge in [-0.15, -0.1) is 0 Å². The van der Waals surface area contributed by atoms with Gasteiger partial charge < -0.3 is 10.8 Å². The van der Waals surface area contributed by atoms with Crippen LogP contribution in [0.4, 0.5) is 0 Å². The quantitative estimate of drug-likeness (QED) is 0.719. The van der Waals surface area contributed by atoms with Gasteiger partial charge in [0.1, 0.15) is 5.75 Å². The maximum atomic E-state index is 9.38. The molecule has 0 aliphatic heterocycles. The van der Waals surface area contributed by atoms with Crippen LogP contribution in [0.2, 0.25) is 0 Å². The van der Waals surface area contributed by atoms with Gasteiger partial charge in [-0.2, -0.15) is 5.26 Å². The molecule has 13 heavy (non-hydrogen) atoms. The van der Waals surface area contributed by atoms with E-state index < -0.39 is 0 Å². The van der Waals surface area contributed by atoms with E-state index in [-0.39, 0.29) is 18.2 Å². The second-order valence-corrected chi connectivity index (χ2v) is 3.01. The van der Waals surface area contributed by atoms with E-state index in [0.717, 1.165) is 11.1 Å². The molecular formula is C10H12N2O. The highest BCUT2D eigenvalue weighted by molar-refractivity contribution is 5.36. The molecule has 0 bridgehead atoms. The van der Waals surface area contributed by atoms with Crippen LogP contribution >= 0.6 is 0 Å². The number of benzene rings is 1. The first-order valence-corrected chi connectivity index (χ1v) is 4.07. The highest BCUT2D eigenvalue weighted by Gasteiger charge is 2.06. The molecule has 0 saturated carbocycles. The zero-order valence-electron chi connectivity index (χ0n) is 7.49. The van der Waals surface area contributed by atoms with Crippen LogP contribution in [0.5, 0.6) is 5.75 Å². The van der Waals surface area contributed by atoms with Gasteiger partial charge in [-0.1, -0.05) is 12.1 Å². The van der Waals surface area contributed by atoms with Gasteiger partial charge in [0.2, 0.25) is 0 Å². The van der Waals surface area contributed by atoms with Crippen molar-refractivity contribution >= 4 is 0 Å². The maximum Gasteiger partial charge on any atom is 0.118 e. The summed E-state index contributed by atoms with van der Waals surface area (Å²) in [6.45, 7) is 1.81. The van der Waals surface area contributed by atoms with E-state index >= 15 is 0 Å². The molecule has 3 N–H and O–H groups in total. The number of aryl methyl sites for hydroxylation is 1. The predicted octanol–water partition coefficient (Wildman–Crippen LogP) is 1.61. The van der Waals surface area contributed by atoms with Crippen LogP contribution in [0.15, 0.2) is 18.2 Å². The molecule has 0 amide bonds. The van der Waals surface area contributed by atoms with Crippen LogP contribution in [-0.2, 0) is 0 Å². The number of nitrogens with zero attached hydrogens (tertiary/aromatic N) is 1. The molecule has 68 valence electrons. The number of nitriles is 1. The van der Waals surface area contributed by atoms with E-state index in [9.17, 15) is 5.11 Å². The molecular weight excluding hydrogens is 164 g/mol. The summed E-state index contributed by atoms with van der Waals surface area (Å²) in [5.74, 6) is 0.228. The summed E-state index contributed by atoms with van der Waals surface area (Å²) in [7, 11) is 0. The molecule has 0 saturated heterocycles. The van der Waals surface area contributed by atoms with E-state index in [2.05, 4.69) is 0 Å².